The Morgan fingerprint density at radius 3 is 2.67 bits per heavy atom. The summed E-state index contributed by atoms with van der Waals surface area (Å²) in [5.41, 5.74) is 1.97. The molecule has 0 saturated carbocycles. The van der Waals surface area contributed by atoms with Crippen molar-refractivity contribution < 1.29 is 14.4 Å². The fourth-order valence-corrected chi connectivity index (χ4v) is 1.28. The first kappa shape index (κ1) is 11.4. The Labute approximate surface area is 87.2 Å². The topological polar surface area (TPSA) is 95.7 Å². The van der Waals surface area contributed by atoms with E-state index in [1.165, 1.54) is 9.80 Å². The summed E-state index contributed by atoms with van der Waals surface area (Å²) >= 11 is 0. The Kier molecular flexibility index (Phi) is 3.62. The van der Waals surface area contributed by atoms with Gasteiger partial charge in [-0.05, 0) is 0 Å². The summed E-state index contributed by atoms with van der Waals surface area (Å²) in [5.74, 6) is 4.27. The van der Waals surface area contributed by atoms with Crippen molar-refractivity contribution in [1.82, 2.24) is 15.2 Å². The lowest BCUT2D eigenvalue weighted by Crippen LogP contribution is -2.52. The standard InChI is InChI=1S/C8H14N4O3/c1-11-4-8(15)12(5-7(11)14)3-2-6(13)10-9/h2-5,9H2,1H3,(H,10,13). The average Bonchev–Trinajstić information content (AvgIpc) is 2.21. The Morgan fingerprint density at radius 2 is 2.07 bits per heavy atom. The second-order valence-electron chi connectivity index (χ2n) is 3.38. The van der Waals surface area contributed by atoms with Crippen molar-refractivity contribution in [1.29, 1.82) is 0 Å². The van der Waals surface area contributed by atoms with E-state index in [2.05, 4.69) is 0 Å². The van der Waals surface area contributed by atoms with Crippen LogP contribution < -0.4 is 11.3 Å². The zero-order chi connectivity index (χ0) is 11.4. The van der Waals surface area contributed by atoms with Crippen LogP contribution in [0.1, 0.15) is 6.42 Å². The molecule has 1 rings (SSSR count). The minimum Gasteiger partial charge on any atom is -0.335 e. The van der Waals surface area contributed by atoms with E-state index in [1.807, 2.05) is 5.43 Å². The molecule has 0 bridgehead atoms. The fourth-order valence-electron chi connectivity index (χ4n) is 1.28. The van der Waals surface area contributed by atoms with Gasteiger partial charge in [-0.3, -0.25) is 19.8 Å². The van der Waals surface area contributed by atoms with Crippen LogP contribution in [0.4, 0.5) is 0 Å². The maximum atomic E-state index is 11.4. The molecule has 15 heavy (non-hydrogen) atoms. The van der Waals surface area contributed by atoms with Gasteiger partial charge in [0, 0.05) is 20.0 Å². The molecule has 7 nitrogen and oxygen atoms in total. The van der Waals surface area contributed by atoms with E-state index in [-0.39, 0.29) is 43.8 Å². The number of carbonyl (C=O) groups is 3. The van der Waals surface area contributed by atoms with E-state index in [1.54, 1.807) is 7.05 Å². The minimum atomic E-state index is -0.353. The van der Waals surface area contributed by atoms with E-state index >= 15 is 0 Å². The molecule has 1 aliphatic rings. The molecule has 0 unspecified atom stereocenters. The Bertz CT molecular complexity index is 292. The summed E-state index contributed by atoms with van der Waals surface area (Å²) in [5, 5.41) is 0. The first-order chi connectivity index (χ1) is 7.04. The molecular formula is C8H14N4O3. The number of nitrogens with zero attached hydrogens (tertiary/aromatic N) is 2. The lowest BCUT2D eigenvalue weighted by Gasteiger charge is -2.31. The van der Waals surface area contributed by atoms with E-state index in [0.29, 0.717) is 0 Å². The van der Waals surface area contributed by atoms with Crippen LogP contribution in [0.2, 0.25) is 0 Å². The maximum absolute atomic E-state index is 11.4. The van der Waals surface area contributed by atoms with Gasteiger partial charge in [0.2, 0.25) is 17.7 Å². The van der Waals surface area contributed by atoms with Crippen LogP contribution >= 0.6 is 0 Å². The third-order valence-electron chi connectivity index (χ3n) is 2.25. The first-order valence-corrected chi connectivity index (χ1v) is 4.55. The molecule has 84 valence electrons. The van der Waals surface area contributed by atoms with Gasteiger partial charge in [0.1, 0.15) is 0 Å². The van der Waals surface area contributed by atoms with Gasteiger partial charge in [-0.1, -0.05) is 0 Å². The number of nitrogens with one attached hydrogen (secondary N) is 1. The molecule has 0 aromatic rings. The van der Waals surface area contributed by atoms with Gasteiger partial charge < -0.3 is 9.80 Å². The molecule has 3 amide bonds. The lowest BCUT2D eigenvalue weighted by molar-refractivity contribution is -0.149. The molecule has 0 radical (unpaired) electrons. The third kappa shape index (κ3) is 2.91. The number of rotatable bonds is 3. The quantitative estimate of drug-likeness (QED) is 0.313. The molecule has 1 fully saturated rings. The third-order valence-corrected chi connectivity index (χ3v) is 2.25. The van der Waals surface area contributed by atoms with Crippen molar-refractivity contribution in [2.24, 2.45) is 5.84 Å². The Morgan fingerprint density at radius 1 is 1.40 bits per heavy atom. The number of hydrogen-bond acceptors (Lipinski definition) is 4. The molecule has 1 saturated heterocycles. The van der Waals surface area contributed by atoms with Gasteiger partial charge in [0.25, 0.3) is 0 Å². The van der Waals surface area contributed by atoms with Crippen LogP contribution in [-0.2, 0) is 14.4 Å². The van der Waals surface area contributed by atoms with E-state index in [9.17, 15) is 14.4 Å². The molecule has 0 aromatic heterocycles. The molecule has 7 heteroatoms. The van der Waals surface area contributed by atoms with Crippen LogP contribution in [0.3, 0.4) is 0 Å². The minimum absolute atomic E-state index is 0.0349. The van der Waals surface area contributed by atoms with E-state index < -0.39 is 0 Å². The second kappa shape index (κ2) is 4.74. The maximum Gasteiger partial charge on any atom is 0.242 e. The molecule has 1 heterocycles. The number of hydrogen-bond donors (Lipinski definition) is 2. The SMILES string of the molecule is CN1CC(=O)N(CCC(=O)NN)CC1=O. The highest BCUT2D eigenvalue weighted by atomic mass is 16.2. The second-order valence-corrected chi connectivity index (χ2v) is 3.38. The highest BCUT2D eigenvalue weighted by Gasteiger charge is 2.27. The summed E-state index contributed by atoms with van der Waals surface area (Å²) in [4.78, 5) is 36.3. The van der Waals surface area contributed by atoms with Crippen LogP contribution in [0.25, 0.3) is 0 Å². The largest absolute Gasteiger partial charge is 0.335 e. The van der Waals surface area contributed by atoms with E-state index in [4.69, 9.17) is 5.84 Å². The number of nitrogens with two attached hydrogens (primary N) is 1. The van der Waals surface area contributed by atoms with Crippen molar-refractivity contribution in [3.63, 3.8) is 0 Å². The summed E-state index contributed by atoms with van der Waals surface area (Å²) in [6.07, 6.45) is 0.110. The summed E-state index contributed by atoms with van der Waals surface area (Å²) < 4.78 is 0. The van der Waals surface area contributed by atoms with Gasteiger partial charge in [-0.25, -0.2) is 5.84 Å². The predicted octanol–water partition coefficient (Wildman–Crippen LogP) is -2.33. The molecule has 0 aromatic carbocycles. The van der Waals surface area contributed by atoms with Crippen molar-refractivity contribution in [3.05, 3.63) is 0 Å². The first-order valence-electron chi connectivity index (χ1n) is 4.55. The average molecular weight is 214 g/mol. The summed E-state index contributed by atoms with van der Waals surface area (Å²) in [7, 11) is 1.57. The molecular weight excluding hydrogens is 200 g/mol. The zero-order valence-corrected chi connectivity index (χ0v) is 8.52. The number of carbonyl (C=O) groups excluding carboxylic acids is 3. The lowest BCUT2D eigenvalue weighted by atomic mass is 10.3. The summed E-state index contributed by atoms with van der Waals surface area (Å²) in [6.45, 7) is 0.331. The Balaban J connectivity index is 2.45. The molecule has 0 spiro atoms. The highest BCUT2D eigenvalue weighted by molar-refractivity contribution is 5.92. The normalized spacial score (nSPS) is 16.9. The van der Waals surface area contributed by atoms with Gasteiger partial charge in [0.05, 0.1) is 13.1 Å². The predicted molar refractivity (Wildman–Crippen MR) is 51.2 cm³/mol. The molecule has 3 N–H and O–H groups in total. The zero-order valence-electron chi connectivity index (χ0n) is 8.52. The van der Waals surface area contributed by atoms with Crippen molar-refractivity contribution in [2.75, 3.05) is 26.7 Å². The molecule has 0 atom stereocenters. The fraction of sp³-hybridized carbons (Fsp3) is 0.625. The molecule has 0 aliphatic carbocycles. The van der Waals surface area contributed by atoms with Crippen LogP contribution in [0.15, 0.2) is 0 Å². The number of piperazine rings is 1. The number of likely N-dealkylation sites (N-methyl/N-ethyl adjacent to an activating group) is 1. The monoisotopic (exact) mass is 214 g/mol. The van der Waals surface area contributed by atoms with Gasteiger partial charge in [-0.15, -0.1) is 0 Å². The Hall–Kier alpha value is -1.63. The van der Waals surface area contributed by atoms with Gasteiger partial charge in [0.15, 0.2) is 0 Å². The molecule has 1 aliphatic heterocycles. The van der Waals surface area contributed by atoms with Crippen molar-refractivity contribution in [3.8, 4) is 0 Å². The smallest absolute Gasteiger partial charge is 0.242 e. The van der Waals surface area contributed by atoms with E-state index in [0.717, 1.165) is 0 Å². The van der Waals surface area contributed by atoms with Crippen molar-refractivity contribution >= 4 is 17.7 Å². The van der Waals surface area contributed by atoms with Crippen LogP contribution in [0, 0.1) is 0 Å². The van der Waals surface area contributed by atoms with Gasteiger partial charge >= 0.3 is 0 Å². The number of amides is 3. The highest BCUT2D eigenvalue weighted by Crippen LogP contribution is 2.03. The van der Waals surface area contributed by atoms with Gasteiger partial charge in [-0.2, -0.15) is 0 Å². The van der Waals surface area contributed by atoms with Crippen LogP contribution in [0.5, 0.6) is 0 Å². The van der Waals surface area contributed by atoms with Crippen molar-refractivity contribution in [2.45, 2.75) is 6.42 Å². The summed E-state index contributed by atoms with van der Waals surface area (Å²) in [6, 6.07) is 0. The number of hydrazine groups is 1. The van der Waals surface area contributed by atoms with Crippen LogP contribution in [-0.4, -0.2) is 54.2 Å².